The number of carbonyl (C=O) groups excluding carboxylic acids is 1. The summed E-state index contributed by atoms with van der Waals surface area (Å²) >= 11 is 1.25. The Hall–Kier alpha value is -0.680. The zero-order valence-electron chi connectivity index (χ0n) is 5.40. The molecule has 2 heterocycles. The van der Waals surface area contributed by atoms with E-state index in [9.17, 15) is 13.2 Å². The van der Waals surface area contributed by atoms with Crippen LogP contribution in [0.5, 0.6) is 0 Å². The summed E-state index contributed by atoms with van der Waals surface area (Å²) in [7, 11) is -3.25. The van der Waals surface area contributed by atoms with Gasteiger partial charge in [-0.3, -0.25) is 4.79 Å². The van der Waals surface area contributed by atoms with Crippen molar-refractivity contribution in [2.75, 3.05) is 5.75 Å². The normalized spacial score (nSPS) is 20.2. The smallest absolute Gasteiger partial charge is 0.187 e. The van der Waals surface area contributed by atoms with Gasteiger partial charge in [0.15, 0.2) is 15.6 Å². The van der Waals surface area contributed by atoms with Crippen LogP contribution in [-0.4, -0.2) is 20.0 Å². The molecular formula is C6H4O3S2. The first-order chi connectivity index (χ1) is 5.11. The van der Waals surface area contributed by atoms with E-state index in [0.717, 1.165) is 0 Å². The summed E-state index contributed by atoms with van der Waals surface area (Å²) in [5.41, 5.74) is 0.370. The van der Waals surface area contributed by atoms with Crippen LogP contribution in [0.15, 0.2) is 15.7 Å². The molecule has 0 aromatic carbocycles. The van der Waals surface area contributed by atoms with E-state index in [2.05, 4.69) is 0 Å². The molecule has 2 rings (SSSR count). The molecule has 0 radical (unpaired) electrons. The predicted molar refractivity (Wildman–Crippen MR) is 40.7 cm³/mol. The summed E-state index contributed by atoms with van der Waals surface area (Å²) < 4.78 is 22.2. The van der Waals surface area contributed by atoms with Crippen LogP contribution in [-0.2, 0) is 9.84 Å². The third-order valence-electron chi connectivity index (χ3n) is 1.58. The van der Waals surface area contributed by atoms with Crippen molar-refractivity contribution in [3.8, 4) is 0 Å². The molecule has 0 N–H and O–H groups in total. The minimum atomic E-state index is -3.25. The van der Waals surface area contributed by atoms with E-state index in [1.807, 2.05) is 0 Å². The topological polar surface area (TPSA) is 51.2 Å². The Morgan fingerprint density at radius 3 is 2.73 bits per heavy atom. The molecule has 1 aromatic heterocycles. The number of carbonyl (C=O) groups is 1. The Kier molecular flexibility index (Phi) is 1.22. The fraction of sp³-hybridized carbons (Fsp3) is 0.167. The average Bonchev–Trinajstić information content (AvgIpc) is 2.37. The Morgan fingerprint density at radius 1 is 1.36 bits per heavy atom. The molecule has 0 fully saturated rings. The molecule has 0 saturated heterocycles. The van der Waals surface area contributed by atoms with Crippen molar-refractivity contribution in [1.82, 2.24) is 0 Å². The van der Waals surface area contributed by atoms with Crippen LogP contribution in [0.1, 0.15) is 10.4 Å². The first-order valence-corrected chi connectivity index (χ1v) is 5.53. The van der Waals surface area contributed by atoms with Crippen LogP contribution in [0, 0.1) is 0 Å². The summed E-state index contributed by atoms with van der Waals surface area (Å²) in [6, 6.07) is 0. The van der Waals surface area contributed by atoms with Crippen molar-refractivity contribution in [2.24, 2.45) is 0 Å². The van der Waals surface area contributed by atoms with Gasteiger partial charge in [-0.05, 0) is 0 Å². The quantitative estimate of drug-likeness (QED) is 0.602. The molecule has 0 atom stereocenters. The molecule has 0 bridgehead atoms. The minimum Gasteiger partial charge on any atom is -0.293 e. The number of rotatable bonds is 0. The van der Waals surface area contributed by atoms with Gasteiger partial charge in [0.25, 0.3) is 0 Å². The fourth-order valence-electron chi connectivity index (χ4n) is 1.06. The van der Waals surface area contributed by atoms with Crippen molar-refractivity contribution in [3.63, 3.8) is 0 Å². The van der Waals surface area contributed by atoms with Crippen LogP contribution < -0.4 is 0 Å². The lowest BCUT2D eigenvalue weighted by atomic mass is 10.2. The van der Waals surface area contributed by atoms with E-state index in [1.54, 1.807) is 5.38 Å². The van der Waals surface area contributed by atoms with E-state index in [0.29, 0.717) is 5.56 Å². The SMILES string of the molecule is O=C1CS(=O)(=O)c2cscc21. The molecule has 58 valence electrons. The van der Waals surface area contributed by atoms with E-state index < -0.39 is 9.84 Å². The molecule has 1 aliphatic heterocycles. The van der Waals surface area contributed by atoms with E-state index in [1.165, 1.54) is 16.7 Å². The molecule has 0 aliphatic carbocycles. The van der Waals surface area contributed by atoms with Gasteiger partial charge in [-0.2, -0.15) is 11.3 Å². The number of thiophene rings is 1. The predicted octanol–water partition coefficient (Wildman–Crippen LogP) is 0.718. The number of ketones is 1. The maximum Gasteiger partial charge on any atom is 0.187 e. The minimum absolute atomic E-state index is 0.215. The van der Waals surface area contributed by atoms with Crippen LogP contribution in [0.3, 0.4) is 0 Å². The second kappa shape index (κ2) is 1.92. The molecule has 0 spiro atoms. The van der Waals surface area contributed by atoms with Crippen LogP contribution in [0.2, 0.25) is 0 Å². The largest absolute Gasteiger partial charge is 0.293 e. The molecule has 1 aliphatic rings. The van der Waals surface area contributed by atoms with Crippen molar-refractivity contribution in [3.05, 3.63) is 16.3 Å². The summed E-state index contributed by atoms with van der Waals surface area (Å²) in [6.45, 7) is 0. The van der Waals surface area contributed by atoms with Gasteiger partial charge >= 0.3 is 0 Å². The second-order valence-electron chi connectivity index (χ2n) is 2.33. The third-order valence-corrected chi connectivity index (χ3v) is 4.13. The molecule has 0 unspecified atom stereocenters. The lowest BCUT2D eigenvalue weighted by molar-refractivity contribution is 0.102. The highest BCUT2D eigenvalue weighted by atomic mass is 32.2. The zero-order valence-corrected chi connectivity index (χ0v) is 7.04. The molecule has 0 amide bonds. The standard InChI is InChI=1S/C6H4O3S2/c7-5-3-11(8,9)6-2-10-1-4(5)6/h1-2H,3H2. The highest BCUT2D eigenvalue weighted by Crippen LogP contribution is 2.28. The number of Topliss-reactive ketones (excluding diaryl/α,β-unsaturated/α-hetero) is 1. The van der Waals surface area contributed by atoms with Crippen molar-refractivity contribution < 1.29 is 13.2 Å². The van der Waals surface area contributed by atoms with E-state index >= 15 is 0 Å². The van der Waals surface area contributed by atoms with Crippen LogP contribution in [0.4, 0.5) is 0 Å². The van der Waals surface area contributed by atoms with E-state index in [-0.39, 0.29) is 16.4 Å². The Labute approximate surface area is 67.6 Å². The first kappa shape index (κ1) is 7.00. The molecule has 5 heteroatoms. The summed E-state index contributed by atoms with van der Waals surface area (Å²) in [4.78, 5) is 11.2. The Bertz CT molecular complexity index is 413. The van der Waals surface area contributed by atoms with Crippen molar-refractivity contribution in [1.29, 1.82) is 0 Å². The van der Waals surface area contributed by atoms with Gasteiger partial charge in [0.2, 0.25) is 0 Å². The summed E-state index contributed by atoms with van der Waals surface area (Å²) in [5, 5.41) is 3.10. The van der Waals surface area contributed by atoms with Gasteiger partial charge in [-0.25, -0.2) is 8.42 Å². The Balaban J connectivity index is 2.83. The lowest BCUT2D eigenvalue weighted by Crippen LogP contribution is -2.03. The molecular weight excluding hydrogens is 184 g/mol. The van der Waals surface area contributed by atoms with Crippen molar-refractivity contribution >= 4 is 27.0 Å². The van der Waals surface area contributed by atoms with E-state index in [4.69, 9.17) is 0 Å². The van der Waals surface area contributed by atoms with Gasteiger partial charge in [0, 0.05) is 16.3 Å². The van der Waals surface area contributed by atoms with Crippen LogP contribution >= 0.6 is 11.3 Å². The number of sulfone groups is 1. The first-order valence-electron chi connectivity index (χ1n) is 2.93. The van der Waals surface area contributed by atoms with Gasteiger partial charge in [-0.15, -0.1) is 0 Å². The van der Waals surface area contributed by atoms with Gasteiger partial charge in [0.05, 0.1) is 4.90 Å². The average molecular weight is 188 g/mol. The molecule has 11 heavy (non-hydrogen) atoms. The summed E-state index contributed by atoms with van der Waals surface area (Å²) in [5.74, 6) is -0.619. The van der Waals surface area contributed by atoms with Crippen molar-refractivity contribution in [2.45, 2.75) is 4.90 Å². The maximum absolute atomic E-state index is 11.1. The molecule has 0 saturated carbocycles. The maximum atomic E-state index is 11.1. The lowest BCUT2D eigenvalue weighted by Gasteiger charge is -1.85. The summed E-state index contributed by atoms with van der Waals surface area (Å²) in [6.07, 6.45) is 0. The van der Waals surface area contributed by atoms with Gasteiger partial charge in [0.1, 0.15) is 5.75 Å². The third kappa shape index (κ3) is 0.844. The van der Waals surface area contributed by atoms with Crippen LogP contribution in [0.25, 0.3) is 0 Å². The molecule has 1 aromatic rings. The zero-order chi connectivity index (χ0) is 8.06. The van der Waals surface area contributed by atoms with Gasteiger partial charge < -0.3 is 0 Å². The van der Waals surface area contributed by atoms with Gasteiger partial charge in [-0.1, -0.05) is 0 Å². The monoisotopic (exact) mass is 188 g/mol. The fourth-order valence-corrected chi connectivity index (χ4v) is 3.76. The molecule has 3 nitrogen and oxygen atoms in total. The highest BCUT2D eigenvalue weighted by Gasteiger charge is 2.33. The number of hydrogen-bond acceptors (Lipinski definition) is 4. The highest BCUT2D eigenvalue weighted by molar-refractivity contribution is 7.93. The second-order valence-corrected chi connectivity index (χ2v) is 5.03. The Morgan fingerprint density at radius 2 is 2.09 bits per heavy atom. The number of hydrogen-bond donors (Lipinski definition) is 0. The number of fused-ring (bicyclic) bond motifs is 1.